The Bertz CT molecular complexity index is 207. The Balaban J connectivity index is 2.57. The van der Waals surface area contributed by atoms with Crippen LogP contribution < -0.4 is 5.32 Å². The number of rotatable bonds is 7. The maximum atomic E-state index is 3.57. The molecule has 17 heavy (non-hydrogen) atoms. The first-order valence-electron chi connectivity index (χ1n) is 7.44. The molecule has 1 saturated heterocycles. The highest BCUT2D eigenvalue weighted by Gasteiger charge is 2.36. The van der Waals surface area contributed by atoms with Gasteiger partial charge in [-0.1, -0.05) is 26.7 Å². The van der Waals surface area contributed by atoms with Gasteiger partial charge in [-0.25, -0.2) is 0 Å². The quantitative estimate of drug-likeness (QED) is 0.735. The van der Waals surface area contributed by atoms with E-state index in [1.165, 1.54) is 45.2 Å². The first-order valence-corrected chi connectivity index (χ1v) is 7.44. The van der Waals surface area contributed by atoms with E-state index in [-0.39, 0.29) is 0 Å². The van der Waals surface area contributed by atoms with Crippen molar-refractivity contribution in [2.45, 2.75) is 71.4 Å². The van der Waals surface area contributed by atoms with E-state index in [1.807, 2.05) is 0 Å². The molecule has 0 aromatic carbocycles. The monoisotopic (exact) mass is 240 g/mol. The molecule has 102 valence electrons. The van der Waals surface area contributed by atoms with Crippen LogP contribution in [-0.4, -0.2) is 36.6 Å². The fourth-order valence-corrected chi connectivity index (χ4v) is 3.29. The minimum absolute atomic E-state index is 0.299. The summed E-state index contributed by atoms with van der Waals surface area (Å²) in [4.78, 5) is 2.67. The highest BCUT2D eigenvalue weighted by atomic mass is 15.2. The van der Waals surface area contributed by atoms with Crippen LogP contribution in [-0.2, 0) is 0 Å². The smallest absolute Gasteiger partial charge is 0.0306 e. The van der Waals surface area contributed by atoms with E-state index in [4.69, 9.17) is 0 Å². The summed E-state index contributed by atoms with van der Waals surface area (Å²) in [6.07, 6.45) is 6.72. The van der Waals surface area contributed by atoms with Gasteiger partial charge in [-0.2, -0.15) is 0 Å². The van der Waals surface area contributed by atoms with Crippen LogP contribution in [0.2, 0.25) is 0 Å². The molecular weight excluding hydrogens is 208 g/mol. The third-order valence-electron chi connectivity index (χ3n) is 4.54. The van der Waals surface area contributed by atoms with Crippen molar-refractivity contribution in [3.8, 4) is 0 Å². The number of nitrogens with one attached hydrogen (secondary N) is 1. The minimum atomic E-state index is 0.299. The maximum absolute atomic E-state index is 3.57. The number of likely N-dealkylation sites (tertiary alicyclic amines) is 1. The van der Waals surface area contributed by atoms with E-state index >= 15 is 0 Å². The largest absolute Gasteiger partial charge is 0.315 e. The molecule has 1 aliphatic heterocycles. The van der Waals surface area contributed by atoms with Crippen molar-refractivity contribution in [3.63, 3.8) is 0 Å². The van der Waals surface area contributed by atoms with Crippen molar-refractivity contribution in [1.29, 1.82) is 0 Å². The normalized spacial score (nSPS) is 21.7. The van der Waals surface area contributed by atoms with Gasteiger partial charge >= 0.3 is 0 Å². The molecule has 0 spiro atoms. The van der Waals surface area contributed by atoms with Crippen LogP contribution in [0, 0.1) is 5.92 Å². The van der Waals surface area contributed by atoms with Crippen LogP contribution in [0.3, 0.4) is 0 Å². The van der Waals surface area contributed by atoms with E-state index in [1.54, 1.807) is 0 Å². The molecule has 2 nitrogen and oxygen atoms in total. The van der Waals surface area contributed by atoms with Gasteiger partial charge in [0.1, 0.15) is 0 Å². The van der Waals surface area contributed by atoms with Crippen LogP contribution in [0.5, 0.6) is 0 Å². The molecule has 1 heterocycles. The molecule has 2 unspecified atom stereocenters. The van der Waals surface area contributed by atoms with Crippen molar-refractivity contribution in [3.05, 3.63) is 0 Å². The zero-order chi connectivity index (χ0) is 12.9. The summed E-state index contributed by atoms with van der Waals surface area (Å²) in [6, 6.07) is 0.613. The van der Waals surface area contributed by atoms with Gasteiger partial charge in [0, 0.05) is 11.6 Å². The Hall–Kier alpha value is -0.0800. The summed E-state index contributed by atoms with van der Waals surface area (Å²) in [5, 5.41) is 3.57. The standard InChI is InChI=1S/C15H32N2/c1-6-9-13(2)12-14(16-5)15(3,4)17-10-7-8-11-17/h13-14,16H,6-12H2,1-5H3. The summed E-state index contributed by atoms with van der Waals surface area (Å²) < 4.78 is 0. The number of likely N-dealkylation sites (N-methyl/N-ethyl adjacent to an activating group) is 1. The molecule has 0 amide bonds. The Morgan fingerprint density at radius 1 is 1.24 bits per heavy atom. The Morgan fingerprint density at radius 2 is 1.82 bits per heavy atom. The molecule has 1 rings (SSSR count). The number of hydrogen-bond donors (Lipinski definition) is 1. The minimum Gasteiger partial charge on any atom is -0.315 e. The molecule has 0 aromatic heterocycles. The first kappa shape index (κ1) is 15.0. The fourth-order valence-electron chi connectivity index (χ4n) is 3.29. The van der Waals surface area contributed by atoms with Crippen LogP contribution >= 0.6 is 0 Å². The van der Waals surface area contributed by atoms with E-state index in [0.29, 0.717) is 11.6 Å². The molecule has 0 bridgehead atoms. The molecule has 2 heteroatoms. The molecule has 0 saturated carbocycles. The van der Waals surface area contributed by atoms with E-state index in [0.717, 1.165) is 5.92 Å². The zero-order valence-electron chi connectivity index (χ0n) is 12.6. The lowest BCUT2D eigenvalue weighted by atomic mass is 9.85. The van der Waals surface area contributed by atoms with Crippen molar-refractivity contribution in [2.75, 3.05) is 20.1 Å². The molecule has 1 N–H and O–H groups in total. The second-order valence-electron chi connectivity index (χ2n) is 6.32. The summed E-state index contributed by atoms with van der Waals surface area (Å²) in [5.74, 6) is 0.833. The Kier molecular flexibility index (Phi) is 5.94. The Labute approximate surface area is 108 Å². The van der Waals surface area contributed by atoms with Crippen molar-refractivity contribution in [2.24, 2.45) is 5.92 Å². The molecule has 1 fully saturated rings. The molecule has 0 aliphatic carbocycles. The first-order chi connectivity index (χ1) is 8.02. The highest BCUT2D eigenvalue weighted by Crippen LogP contribution is 2.28. The lowest BCUT2D eigenvalue weighted by Crippen LogP contribution is -2.56. The van der Waals surface area contributed by atoms with Gasteiger partial charge in [0.25, 0.3) is 0 Å². The predicted molar refractivity (Wildman–Crippen MR) is 76.4 cm³/mol. The number of nitrogens with zero attached hydrogens (tertiary/aromatic N) is 1. The van der Waals surface area contributed by atoms with Crippen molar-refractivity contribution >= 4 is 0 Å². The molecule has 0 radical (unpaired) electrons. The zero-order valence-corrected chi connectivity index (χ0v) is 12.6. The summed E-state index contributed by atoms with van der Waals surface area (Å²) in [6.45, 7) is 12.1. The second kappa shape index (κ2) is 6.75. The van der Waals surface area contributed by atoms with Gasteiger partial charge < -0.3 is 5.32 Å². The van der Waals surface area contributed by atoms with E-state index in [2.05, 4.69) is 45.0 Å². The highest BCUT2D eigenvalue weighted by molar-refractivity contribution is 4.95. The van der Waals surface area contributed by atoms with Gasteiger partial charge in [0.15, 0.2) is 0 Å². The summed E-state index contributed by atoms with van der Waals surface area (Å²) >= 11 is 0. The van der Waals surface area contributed by atoms with Gasteiger partial charge in [0.2, 0.25) is 0 Å². The van der Waals surface area contributed by atoms with Gasteiger partial charge in [-0.3, -0.25) is 4.90 Å². The van der Waals surface area contributed by atoms with Crippen LogP contribution in [0.1, 0.15) is 59.8 Å². The van der Waals surface area contributed by atoms with Crippen molar-refractivity contribution < 1.29 is 0 Å². The predicted octanol–water partition coefficient (Wildman–Crippen LogP) is 3.28. The lowest BCUT2D eigenvalue weighted by molar-refractivity contribution is 0.0978. The van der Waals surface area contributed by atoms with Crippen LogP contribution in [0.15, 0.2) is 0 Å². The molecular formula is C15H32N2. The molecule has 1 aliphatic rings. The fraction of sp³-hybridized carbons (Fsp3) is 1.00. The molecule has 2 atom stereocenters. The van der Waals surface area contributed by atoms with E-state index in [9.17, 15) is 0 Å². The average molecular weight is 240 g/mol. The van der Waals surface area contributed by atoms with Crippen molar-refractivity contribution in [1.82, 2.24) is 10.2 Å². The van der Waals surface area contributed by atoms with Gasteiger partial charge in [-0.05, 0) is 59.2 Å². The second-order valence-corrected chi connectivity index (χ2v) is 6.32. The van der Waals surface area contributed by atoms with Crippen LogP contribution in [0.4, 0.5) is 0 Å². The SMILES string of the molecule is CCCC(C)CC(NC)C(C)(C)N1CCCC1. The maximum Gasteiger partial charge on any atom is 0.0306 e. The molecule has 0 aromatic rings. The Morgan fingerprint density at radius 3 is 2.29 bits per heavy atom. The third kappa shape index (κ3) is 3.96. The summed E-state index contributed by atoms with van der Waals surface area (Å²) in [5.41, 5.74) is 0.299. The third-order valence-corrected chi connectivity index (χ3v) is 4.54. The van der Waals surface area contributed by atoms with Gasteiger partial charge in [-0.15, -0.1) is 0 Å². The summed E-state index contributed by atoms with van der Waals surface area (Å²) in [7, 11) is 2.13. The van der Waals surface area contributed by atoms with E-state index < -0.39 is 0 Å². The number of hydrogen-bond acceptors (Lipinski definition) is 2. The van der Waals surface area contributed by atoms with Crippen LogP contribution in [0.25, 0.3) is 0 Å². The average Bonchev–Trinajstić information content (AvgIpc) is 2.80. The topological polar surface area (TPSA) is 15.3 Å². The van der Waals surface area contributed by atoms with Gasteiger partial charge in [0.05, 0.1) is 0 Å². The lowest BCUT2D eigenvalue weighted by Gasteiger charge is -2.43.